The smallest absolute Gasteiger partial charge is 0.244 e. The van der Waals surface area contributed by atoms with E-state index in [0.717, 1.165) is 17.0 Å². The number of rotatable bonds is 12. The van der Waals surface area contributed by atoms with Crippen molar-refractivity contribution in [2.45, 2.75) is 52.7 Å². The fourth-order valence-corrected chi connectivity index (χ4v) is 4.44. The predicted molar refractivity (Wildman–Crippen MR) is 139 cm³/mol. The second-order valence-electron chi connectivity index (χ2n) is 8.28. The van der Waals surface area contributed by atoms with Crippen LogP contribution in [0.15, 0.2) is 48.5 Å². The predicted octanol–water partition coefficient (Wildman–Crippen LogP) is 3.84. The summed E-state index contributed by atoms with van der Waals surface area (Å²) in [5, 5.41) is 3.33. The zero-order chi connectivity index (χ0) is 26.2. The van der Waals surface area contributed by atoms with Gasteiger partial charge in [0.15, 0.2) is 0 Å². The van der Waals surface area contributed by atoms with Crippen molar-refractivity contribution in [3.8, 4) is 5.75 Å². The lowest BCUT2D eigenvalue weighted by molar-refractivity contribution is -0.139. The molecule has 0 fully saturated rings. The highest BCUT2D eigenvalue weighted by atomic mass is 35.5. The minimum atomic E-state index is -3.86. The largest absolute Gasteiger partial charge is 0.492 e. The molecule has 1 N–H and O–H groups in total. The number of hydrogen-bond donors (Lipinski definition) is 1. The summed E-state index contributed by atoms with van der Waals surface area (Å²) in [7, 11) is -3.86. The molecule has 0 aliphatic carbocycles. The molecule has 2 aromatic rings. The van der Waals surface area contributed by atoms with Crippen molar-refractivity contribution in [3.05, 3.63) is 59.1 Å². The van der Waals surface area contributed by atoms with E-state index >= 15 is 0 Å². The maximum absolute atomic E-state index is 13.6. The molecule has 0 aliphatic rings. The minimum Gasteiger partial charge on any atom is -0.492 e. The van der Waals surface area contributed by atoms with Crippen LogP contribution in [0.4, 0.5) is 5.69 Å². The van der Waals surface area contributed by atoms with Gasteiger partial charge in [-0.15, -0.1) is 0 Å². The normalized spacial score (nSPS) is 13.0. The van der Waals surface area contributed by atoms with Crippen LogP contribution in [0.3, 0.4) is 0 Å². The SMILES string of the molecule is CCOc1ccccc1N(CC(=O)N(Cc1ccccc1Cl)C(C)C(=O)NC(C)CC)S(C)(=O)=O. The molecule has 0 radical (unpaired) electrons. The molecule has 8 nitrogen and oxygen atoms in total. The van der Waals surface area contributed by atoms with Crippen LogP contribution >= 0.6 is 11.6 Å². The maximum Gasteiger partial charge on any atom is 0.244 e. The Hall–Kier alpha value is -2.78. The monoisotopic (exact) mass is 523 g/mol. The molecule has 2 rings (SSSR count). The third kappa shape index (κ3) is 7.86. The molecule has 0 saturated heterocycles. The number of amides is 2. The maximum atomic E-state index is 13.6. The minimum absolute atomic E-state index is 0.0400. The van der Waals surface area contributed by atoms with Gasteiger partial charge in [0.05, 0.1) is 18.6 Å². The summed E-state index contributed by atoms with van der Waals surface area (Å²) in [5.74, 6) is -0.540. The number of carbonyl (C=O) groups is 2. The van der Waals surface area contributed by atoms with Crippen molar-refractivity contribution in [1.82, 2.24) is 10.2 Å². The topological polar surface area (TPSA) is 96.0 Å². The van der Waals surface area contributed by atoms with Gasteiger partial charge >= 0.3 is 0 Å². The van der Waals surface area contributed by atoms with Gasteiger partial charge in [-0.2, -0.15) is 0 Å². The van der Waals surface area contributed by atoms with Gasteiger partial charge in [0.2, 0.25) is 21.8 Å². The molecule has 0 spiro atoms. The van der Waals surface area contributed by atoms with E-state index in [9.17, 15) is 18.0 Å². The summed E-state index contributed by atoms with van der Waals surface area (Å²) in [6.07, 6.45) is 1.76. The molecule has 0 bridgehead atoms. The Bertz CT molecular complexity index is 1130. The molecule has 2 unspecified atom stereocenters. The Kier molecular flexibility index (Phi) is 10.4. The summed E-state index contributed by atoms with van der Waals surface area (Å²) in [5.41, 5.74) is 0.894. The summed E-state index contributed by atoms with van der Waals surface area (Å²) in [4.78, 5) is 27.9. The highest BCUT2D eigenvalue weighted by molar-refractivity contribution is 7.92. The van der Waals surface area contributed by atoms with E-state index in [1.807, 2.05) is 13.8 Å². The van der Waals surface area contributed by atoms with E-state index in [1.165, 1.54) is 4.90 Å². The standard InChI is InChI=1S/C25H34ClN3O5S/c1-6-18(3)27-25(31)19(4)28(16-20-12-8-9-13-21(20)26)24(30)17-29(35(5,32)33)22-14-10-11-15-23(22)34-7-2/h8-15,18-19H,6-7,16-17H2,1-5H3,(H,27,31). The Labute approximate surface area is 213 Å². The van der Waals surface area contributed by atoms with E-state index in [0.29, 0.717) is 22.9 Å². The van der Waals surface area contributed by atoms with Gasteiger partial charge in [0, 0.05) is 17.6 Å². The second kappa shape index (κ2) is 12.8. The molecule has 2 aromatic carbocycles. The summed E-state index contributed by atoms with van der Waals surface area (Å²) < 4.78 is 32.1. The third-order valence-electron chi connectivity index (χ3n) is 5.58. The summed E-state index contributed by atoms with van der Waals surface area (Å²) in [6.45, 7) is 7.09. The van der Waals surface area contributed by atoms with Gasteiger partial charge < -0.3 is 15.0 Å². The Morgan fingerprint density at radius 2 is 1.69 bits per heavy atom. The Morgan fingerprint density at radius 3 is 2.29 bits per heavy atom. The first kappa shape index (κ1) is 28.5. The zero-order valence-corrected chi connectivity index (χ0v) is 22.4. The van der Waals surface area contributed by atoms with Gasteiger partial charge in [-0.1, -0.05) is 48.9 Å². The Balaban J connectivity index is 2.45. The lowest BCUT2D eigenvalue weighted by Gasteiger charge is -2.32. The van der Waals surface area contributed by atoms with Crippen LogP contribution in [0.1, 0.15) is 39.7 Å². The van der Waals surface area contributed by atoms with E-state index in [2.05, 4.69) is 5.32 Å². The van der Waals surface area contributed by atoms with Gasteiger partial charge in [-0.05, 0) is 51.0 Å². The number of benzene rings is 2. The average Bonchev–Trinajstić information content (AvgIpc) is 2.81. The van der Waals surface area contributed by atoms with Crippen LogP contribution in [0.5, 0.6) is 5.75 Å². The fourth-order valence-electron chi connectivity index (χ4n) is 3.39. The van der Waals surface area contributed by atoms with E-state index in [4.69, 9.17) is 16.3 Å². The number of nitrogens with one attached hydrogen (secondary N) is 1. The van der Waals surface area contributed by atoms with Crippen LogP contribution in [-0.2, 0) is 26.2 Å². The van der Waals surface area contributed by atoms with Crippen molar-refractivity contribution in [1.29, 1.82) is 0 Å². The third-order valence-corrected chi connectivity index (χ3v) is 7.08. The van der Waals surface area contributed by atoms with E-state index in [-0.39, 0.29) is 24.2 Å². The average molecular weight is 524 g/mol. The molecular formula is C25H34ClN3O5S. The first-order valence-corrected chi connectivity index (χ1v) is 13.7. The number of sulfonamides is 1. The van der Waals surface area contributed by atoms with Crippen molar-refractivity contribution < 1.29 is 22.7 Å². The molecule has 10 heteroatoms. The van der Waals surface area contributed by atoms with Gasteiger partial charge in [0.25, 0.3) is 0 Å². The number of carbonyl (C=O) groups excluding carboxylic acids is 2. The molecule has 0 aromatic heterocycles. The van der Waals surface area contributed by atoms with Crippen LogP contribution in [0.25, 0.3) is 0 Å². The number of para-hydroxylation sites is 2. The second-order valence-corrected chi connectivity index (χ2v) is 10.6. The summed E-state index contributed by atoms with van der Waals surface area (Å²) >= 11 is 6.33. The fraction of sp³-hybridized carbons (Fsp3) is 0.440. The van der Waals surface area contributed by atoms with Gasteiger partial charge in [0.1, 0.15) is 18.3 Å². The zero-order valence-electron chi connectivity index (χ0n) is 20.8. The van der Waals surface area contributed by atoms with E-state index < -0.39 is 28.5 Å². The highest BCUT2D eigenvalue weighted by Crippen LogP contribution is 2.30. The molecule has 0 saturated carbocycles. The van der Waals surface area contributed by atoms with Crippen LogP contribution in [-0.4, -0.2) is 56.6 Å². The van der Waals surface area contributed by atoms with Crippen molar-refractivity contribution in [2.24, 2.45) is 0 Å². The number of hydrogen-bond acceptors (Lipinski definition) is 5. The molecular weight excluding hydrogens is 490 g/mol. The molecule has 2 atom stereocenters. The lowest BCUT2D eigenvalue weighted by atomic mass is 10.1. The quantitative estimate of drug-likeness (QED) is 0.456. The van der Waals surface area contributed by atoms with E-state index in [1.54, 1.807) is 62.4 Å². The van der Waals surface area contributed by atoms with Crippen LogP contribution in [0, 0.1) is 0 Å². The molecule has 35 heavy (non-hydrogen) atoms. The first-order chi connectivity index (χ1) is 16.5. The molecule has 2 amide bonds. The number of nitrogens with zero attached hydrogens (tertiary/aromatic N) is 2. The summed E-state index contributed by atoms with van der Waals surface area (Å²) in [6, 6.07) is 12.7. The first-order valence-electron chi connectivity index (χ1n) is 11.5. The number of halogens is 1. The molecule has 0 heterocycles. The molecule has 192 valence electrons. The highest BCUT2D eigenvalue weighted by Gasteiger charge is 2.31. The van der Waals surface area contributed by atoms with Crippen LogP contribution < -0.4 is 14.4 Å². The number of ether oxygens (including phenoxy) is 1. The van der Waals surface area contributed by atoms with Crippen molar-refractivity contribution in [2.75, 3.05) is 23.7 Å². The van der Waals surface area contributed by atoms with Crippen molar-refractivity contribution in [3.63, 3.8) is 0 Å². The number of anilines is 1. The van der Waals surface area contributed by atoms with Gasteiger partial charge in [-0.25, -0.2) is 8.42 Å². The van der Waals surface area contributed by atoms with Crippen molar-refractivity contribution >= 4 is 39.1 Å². The molecule has 0 aliphatic heterocycles. The lowest BCUT2D eigenvalue weighted by Crippen LogP contribution is -2.52. The van der Waals surface area contributed by atoms with Crippen LogP contribution in [0.2, 0.25) is 5.02 Å². The Morgan fingerprint density at radius 1 is 1.06 bits per heavy atom. The van der Waals surface area contributed by atoms with Gasteiger partial charge in [-0.3, -0.25) is 13.9 Å².